The molecule has 1 nitrogen and oxygen atoms in total. The monoisotopic (exact) mass is 292 g/mol. The summed E-state index contributed by atoms with van der Waals surface area (Å²) in [6, 6.07) is 5.00. The van der Waals surface area contributed by atoms with E-state index in [0.717, 1.165) is 25.7 Å². The zero-order chi connectivity index (χ0) is 12.7. The summed E-state index contributed by atoms with van der Waals surface area (Å²) in [5, 5.41) is 0.907. The summed E-state index contributed by atoms with van der Waals surface area (Å²) in [5.41, 5.74) is 0.636. The van der Waals surface area contributed by atoms with Gasteiger partial charge in [0, 0.05) is 17.9 Å². The number of unbranched alkanes of at least 4 members (excludes halogenated alkanes) is 3. The van der Waals surface area contributed by atoms with Gasteiger partial charge in [-0.3, -0.25) is 4.79 Å². The standard InChI is InChI=1S/C13H15Cl3O/c14-8-4-2-1-3-5-13(17)10-6-7-11(15)12(16)9-10/h6-7,9H,1-5,8H2. The van der Waals surface area contributed by atoms with Crippen molar-refractivity contribution in [1.29, 1.82) is 0 Å². The van der Waals surface area contributed by atoms with E-state index in [9.17, 15) is 4.79 Å². The highest BCUT2D eigenvalue weighted by atomic mass is 35.5. The number of hydrogen-bond acceptors (Lipinski definition) is 1. The largest absolute Gasteiger partial charge is 0.294 e. The molecule has 0 aromatic heterocycles. The van der Waals surface area contributed by atoms with Gasteiger partial charge in [0.25, 0.3) is 0 Å². The van der Waals surface area contributed by atoms with Gasteiger partial charge in [-0.05, 0) is 31.0 Å². The quantitative estimate of drug-likeness (QED) is 0.375. The molecule has 4 heteroatoms. The van der Waals surface area contributed by atoms with Crippen LogP contribution in [0.1, 0.15) is 42.5 Å². The lowest BCUT2D eigenvalue weighted by Gasteiger charge is -2.03. The number of carbonyl (C=O) groups excluding carboxylic acids is 1. The van der Waals surface area contributed by atoms with Crippen molar-refractivity contribution in [2.75, 3.05) is 5.88 Å². The van der Waals surface area contributed by atoms with Crippen LogP contribution in [0.5, 0.6) is 0 Å². The van der Waals surface area contributed by atoms with Crippen molar-refractivity contribution in [3.8, 4) is 0 Å². The van der Waals surface area contributed by atoms with E-state index in [1.165, 1.54) is 0 Å². The first-order chi connectivity index (χ1) is 8.15. The highest BCUT2D eigenvalue weighted by Crippen LogP contribution is 2.23. The van der Waals surface area contributed by atoms with Crippen LogP contribution in [-0.2, 0) is 0 Å². The van der Waals surface area contributed by atoms with E-state index in [1.807, 2.05) is 0 Å². The smallest absolute Gasteiger partial charge is 0.162 e. The molecule has 0 saturated carbocycles. The Morgan fingerprint density at radius 2 is 1.71 bits per heavy atom. The molecule has 0 saturated heterocycles. The summed E-state index contributed by atoms with van der Waals surface area (Å²) in [6.07, 6.45) is 4.59. The van der Waals surface area contributed by atoms with Crippen molar-refractivity contribution in [3.63, 3.8) is 0 Å². The second kappa shape index (κ2) is 7.97. The Balaban J connectivity index is 2.39. The van der Waals surface area contributed by atoms with Crippen LogP contribution in [0, 0.1) is 0 Å². The molecular weight excluding hydrogens is 279 g/mol. The van der Waals surface area contributed by atoms with Crippen LogP contribution >= 0.6 is 34.8 Å². The van der Waals surface area contributed by atoms with Crippen molar-refractivity contribution >= 4 is 40.6 Å². The van der Waals surface area contributed by atoms with Gasteiger partial charge in [-0.25, -0.2) is 0 Å². The molecule has 0 aliphatic heterocycles. The molecule has 0 amide bonds. The van der Waals surface area contributed by atoms with Crippen molar-refractivity contribution in [2.45, 2.75) is 32.1 Å². The fourth-order valence-corrected chi connectivity index (χ4v) is 2.03. The molecule has 0 radical (unpaired) electrons. The molecule has 0 bridgehead atoms. The SMILES string of the molecule is O=C(CCCCCCCl)c1ccc(Cl)c(Cl)c1. The first-order valence-electron chi connectivity index (χ1n) is 5.69. The van der Waals surface area contributed by atoms with Crippen LogP contribution in [-0.4, -0.2) is 11.7 Å². The molecule has 0 heterocycles. The molecule has 0 spiro atoms. The van der Waals surface area contributed by atoms with Gasteiger partial charge in [0.1, 0.15) is 0 Å². The van der Waals surface area contributed by atoms with Gasteiger partial charge in [0.05, 0.1) is 10.0 Å². The van der Waals surface area contributed by atoms with Crippen LogP contribution in [0.3, 0.4) is 0 Å². The van der Waals surface area contributed by atoms with Crippen molar-refractivity contribution < 1.29 is 4.79 Å². The number of halogens is 3. The Labute approximate surface area is 117 Å². The summed E-state index contributed by atoms with van der Waals surface area (Å²) in [6.45, 7) is 0. The van der Waals surface area contributed by atoms with E-state index in [1.54, 1.807) is 18.2 Å². The van der Waals surface area contributed by atoms with Crippen molar-refractivity contribution in [3.05, 3.63) is 33.8 Å². The Kier molecular flexibility index (Phi) is 6.94. The summed E-state index contributed by atoms with van der Waals surface area (Å²) < 4.78 is 0. The molecule has 0 aliphatic rings. The Morgan fingerprint density at radius 1 is 1.00 bits per heavy atom. The molecule has 17 heavy (non-hydrogen) atoms. The van der Waals surface area contributed by atoms with E-state index >= 15 is 0 Å². The highest BCUT2D eigenvalue weighted by Gasteiger charge is 2.07. The topological polar surface area (TPSA) is 17.1 Å². The third-order valence-corrected chi connectivity index (χ3v) is 3.54. The van der Waals surface area contributed by atoms with Gasteiger partial charge in [-0.1, -0.05) is 36.0 Å². The second-order valence-corrected chi connectivity index (χ2v) is 5.10. The normalized spacial score (nSPS) is 10.5. The lowest BCUT2D eigenvalue weighted by Crippen LogP contribution is -1.98. The van der Waals surface area contributed by atoms with Crippen LogP contribution in [0.15, 0.2) is 18.2 Å². The van der Waals surface area contributed by atoms with Gasteiger partial charge in [-0.15, -0.1) is 11.6 Å². The Bertz CT molecular complexity index is 377. The predicted molar refractivity (Wildman–Crippen MR) is 74.6 cm³/mol. The molecule has 94 valence electrons. The minimum absolute atomic E-state index is 0.120. The van der Waals surface area contributed by atoms with Crippen LogP contribution in [0.4, 0.5) is 0 Å². The van der Waals surface area contributed by atoms with Gasteiger partial charge >= 0.3 is 0 Å². The van der Waals surface area contributed by atoms with Crippen LogP contribution in [0.25, 0.3) is 0 Å². The number of Topliss-reactive ketones (excluding diaryl/α,β-unsaturated/α-hetero) is 1. The third-order valence-electron chi connectivity index (χ3n) is 2.53. The maximum absolute atomic E-state index is 11.8. The van der Waals surface area contributed by atoms with E-state index in [-0.39, 0.29) is 5.78 Å². The molecule has 0 fully saturated rings. The molecule has 0 N–H and O–H groups in total. The third kappa shape index (κ3) is 5.29. The minimum atomic E-state index is 0.120. The number of ketones is 1. The second-order valence-electron chi connectivity index (χ2n) is 3.91. The summed E-state index contributed by atoms with van der Waals surface area (Å²) in [7, 11) is 0. The predicted octanol–water partition coefficient (Wildman–Crippen LogP) is 5.37. The minimum Gasteiger partial charge on any atom is -0.294 e. The maximum Gasteiger partial charge on any atom is 0.162 e. The molecule has 1 aromatic rings. The molecule has 0 unspecified atom stereocenters. The zero-order valence-corrected chi connectivity index (χ0v) is 11.8. The molecule has 1 rings (SSSR count). The van der Waals surface area contributed by atoms with Crippen LogP contribution in [0.2, 0.25) is 10.0 Å². The molecule has 1 aromatic carbocycles. The number of carbonyl (C=O) groups is 1. The molecule has 0 aliphatic carbocycles. The molecular formula is C13H15Cl3O. The average molecular weight is 294 g/mol. The van der Waals surface area contributed by atoms with Crippen molar-refractivity contribution in [2.24, 2.45) is 0 Å². The number of rotatable bonds is 7. The van der Waals surface area contributed by atoms with Crippen LogP contribution < -0.4 is 0 Å². The van der Waals surface area contributed by atoms with E-state index in [2.05, 4.69) is 0 Å². The van der Waals surface area contributed by atoms with Gasteiger partial charge in [0.15, 0.2) is 5.78 Å². The van der Waals surface area contributed by atoms with Gasteiger partial charge in [-0.2, -0.15) is 0 Å². The number of alkyl halides is 1. The average Bonchev–Trinajstić information content (AvgIpc) is 2.32. The van der Waals surface area contributed by atoms with Gasteiger partial charge in [0.2, 0.25) is 0 Å². The summed E-state index contributed by atoms with van der Waals surface area (Å²) in [4.78, 5) is 11.8. The lowest BCUT2D eigenvalue weighted by atomic mass is 10.0. The van der Waals surface area contributed by atoms with Gasteiger partial charge < -0.3 is 0 Å². The number of hydrogen-bond donors (Lipinski definition) is 0. The Hall–Kier alpha value is -0.240. The highest BCUT2D eigenvalue weighted by molar-refractivity contribution is 6.42. The number of benzene rings is 1. The zero-order valence-electron chi connectivity index (χ0n) is 9.52. The fraction of sp³-hybridized carbons (Fsp3) is 0.462. The maximum atomic E-state index is 11.8. The first-order valence-corrected chi connectivity index (χ1v) is 6.98. The first kappa shape index (κ1) is 14.8. The van der Waals surface area contributed by atoms with E-state index in [4.69, 9.17) is 34.8 Å². The fourth-order valence-electron chi connectivity index (χ4n) is 1.55. The van der Waals surface area contributed by atoms with Crippen molar-refractivity contribution in [1.82, 2.24) is 0 Å². The Morgan fingerprint density at radius 3 is 2.35 bits per heavy atom. The molecule has 0 atom stereocenters. The van der Waals surface area contributed by atoms with E-state index in [0.29, 0.717) is 27.9 Å². The summed E-state index contributed by atoms with van der Waals surface area (Å²) in [5.74, 6) is 0.815. The lowest BCUT2D eigenvalue weighted by molar-refractivity contribution is 0.0979. The van der Waals surface area contributed by atoms with E-state index < -0.39 is 0 Å². The summed E-state index contributed by atoms with van der Waals surface area (Å²) >= 11 is 17.2.